The van der Waals surface area contributed by atoms with Crippen LogP contribution in [0.4, 0.5) is 0 Å². The predicted octanol–water partition coefficient (Wildman–Crippen LogP) is 9.42. The van der Waals surface area contributed by atoms with Crippen LogP contribution in [0.5, 0.6) is 0 Å². The van der Waals surface area contributed by atoms with E-state index in [9.17, 15) is 9.59 Å². The van der Waals surface area contributed by atoms with Gasteiger partial charge in [-0.2, -0.15) is 0 Å². The Morgan fingerprint density at radius 3 is 2.19 bits per heavy atom. The summed E-state index contributed by atoms with van der Waals surface area (Å²) in [5, 5.41) is 8.52. The highest BCUT2D eigenvalue weighted by Crippen LogP contribution is 2.33. The quantitative estimate of drug-likeness (QED) is 0.0577. The summed E-state index contributed by atoms with van der Waals surface area (Å²) in [4.78, 5) is 32.3. The third kappa shape index (κ3) is 5.95. The minimum Gasteiger partial charge on any atom is -0.341 e. The van der Waals surface area contributed by atoms with E-state index < -0.39 is 5.97 Å². The first-order valence-corrected chi connectivity index (χ1v) is 16.0. The molecule has 6 rings (SSSR count). The summed E-state index contributed by atoms with van der Waals surface area (Å²) < 4.78 is 2.28. The summed E-state index contributed by atoms with van der Waals surface area (Å²) >= 11 is 1.46. The number of hydrogen-bond donors (Lipinski definition) is 0. The van der Waals surface area contributed by atoms with Crippen LogP contribution < -0.4 is 0 Å². The molecule has 1 fully saturated rings. The van der Waals surface area contributed by atoms with Gasteiger partial charge in [-0.25, -0.2) is 4.79 Å². The van der Waals surface area contributed by atoms with Gasteiger partial charge in [-0.1, -0.05) is 74.0 Å². The lowest BCUT2D eigenvalue weighted by molar-refractivity contribution is 0.0515. The molecule has 42 heavy (non-hydrogen) atoms. The van der Waals surface area contributed by atoms with Gasteiger partial charge in [-0.05, 0) is 79.6 Å². The van der Waals surface area contributed by atoms with Crippen molar-refractivity contribution in [2.75, 3.05) is 0 Å². The van der Waals surface area contributed by atoms with E-state index in [1.807, 2.05) is 47.8 Å². The Labute approximate surface area is 250 Å². The van der Waals surface area contributed by atoms with Gasteiger partial charge in [0.2, 0.25) is 5.78 Å². The zero-order valence-electron chi connectivity index (χ0n) is 24.1. The Balaban J connectivity index is 1.38. The molecule has 6 heteroatoms. The highest BCUT2D eigenvalue weighted by molar-refractivity contribution is 7.12. The smallest absolute Gasteiger partial charge is 0.341 e. The SMILES string of the molecule is CCn1c2ccc(C(=O)c3cccs3)cc2c2cc(/C(CCC3CCCCCC3)=N/OC(=O)c3ccccc3)ccc21. The number of oxime groups is 1. The van der Waals surface area contributed by atoms with E-state index in [0.29, 0.717) is 17.0 Å². The number of ketones is 1. The van der Waals surface area contributed by atoms with Crippen molar-refractivity contribution in [1.29, 1.82) is 0 Å². The van der Waals surface area contributed by atoms with Crippen molar-refractivity contribution in [1.82, 2.24) is 4.57 Å². The van der Waals surface area contributed by atoms with Gasteiger partial charge in [0, 0.05) is 39.5 Å². The fraction of sp³-hybridized carbons (Fsp3) is 0.306. The lowest BCUT2D eigenvalue weighted by Crippen LogP contribution is -2.09. The van der Waals surface area contributed by atoms with Crippen LogP contribution in [0, 0.1) is 5.92 Å². The highest BCUT2D eigenvalue weighted by atomic mass is 32.1. The second-order valence-corrected chi connectivity index (χ2v) is 12.1. The van der Waals surface area contributed by atoms with E-state index >= 15 is 0 Å². The van der Waals surface area contributed by atoms with Crippen LogP contribution in [0.2, 0.25) is 0 Å². The number of carbonyl (C=O) groups is 2. The van der Waals surface area contributed by atoms with E-state index in [1.54, 1.807) is 12.1 Å². The van der Waals surface area contributed by atoms with Gasteiger partial charge in [-0.3, -0.25) is 4.79 Å². The molecule has 0 spiro atoms. The van der Waals surface area contributed by atoms with Crippen molar-refractivity contribution in [3.8, 4) is 0 Å². The van der Waals surface area contributed by atoms with Crippen LogP contribution in [0.25, 0.3) is 21.8 Å². The van der Waals surface area contributed by atoms with Gasteiger partial charge in [-0.15, -0.1) is 11.3 Å². The van der Waals surface area contributed by atoms with Crippen molar-refractivity contribution in [3.63, 3.8) is 0 Å². The fourth-order valence-corrected chi connectivity index (χ4v) is 6.96. The molecule has 0 unspecified atom stereocenters. The van der Waals surface area contributed by atoms with E-state index in [0.717, 1.165) is 57.3 Å². The topological polar surface area (TPSA) is 60.7 Å². The maximum absolute atomic E-state index is 13.2. The van der Waals surface area contributed by atoms with Crippen LogP contribution >= 0.6 is 11.3 Å². The third-order valence-electron chi connectivity index (χ3n) is 8.53. The van der Waals surface area contributed by atoms with Crippen LogP contribution in [0.3, 0.4) is 0 Å². The Kier molecular flexibility index (Phi) is 8.61. The first-order valence-electron chi connectivity index (χ1n) is 15.1. The van der Waals surface area contributed by atoms with Crippen molar-refractivity contribution < 1.29 is 14.4 Å². The van der Waals surface area contributed by atoms with Gasteiger partial charge in [0.05, 0.1) is 16.2 Å². The number of aryl methyl sites for hydroxylation is 1. The van der Waals surface area contributed by atoms with Gasteiger partial charge < -0.3 is 9.40 Å². The molecule has 5 nitrogen and oxygen atoms in total. The zero-order valence-corrected chi connectivity index (χ0v) is 24.9. The minimum absolute atomic E-state index is 0.0407. The molecule has 0 amide bonds. The molecule has 1 saturated carbocycles. The van der Waals surface area contributed by atoms with E-state index in [-0.39, 0.29) is 5.78 Å². The number of fused-ring (bicyclic) bond motifs is 3. The maximum atomic E-state index is 13.2. The molecule has 0 N–H and O–H groups in total. The lowest BCUT2D eigenvalue weighted by atomic mass is 9.92. The lowest BCUT2D eigenvalue weighted by Gasteiger charge is -2.15. The molecule has 5 aromatic rings. The average molecular weight is 577 g/mol. The second-order valence-electron chi connectivity index (χ2n) is 11.2. The molecule has 0 bridgehead atoms. The molecule has 1 aliphatic carbocycles. The molecule has 2 heterocycles. The highest BCUT2D eigenvalue weighted by Gasteiger charge is 2.19. The summed E-state index contributed by atoms with van der Waals surface area (Å²) in [6, 6.07) is 25.2. The summed E-state index contributed by atoms with van der Waals surface area (Å²) in [5.74, 6) is 0.251. The first kappa shape index (κ1) is 28.1. The van der Waals surface area contributed by atoms with Crippen LogP contribution in [0.1, 0.15) is 89.4 Å². The second kappa shape index (κ2) is 12.9. The number of thiophene rings is 1. The van der Waals surface area contributed by atoms with E-state index in [4.69, 9.17) is 4.84 Å². The number of benzene rings is 3. The summed E-state index contributed by atoms with van der Waals surface area (Å²) in [7, 11) is 0. The largest absolute Gasteiger partial charge is 0.365 e. The predicted molar refractivity (Wildman–Crippen MR) is 172 cm³/mol. The average Bonchev–Trinajstić information content (AvgIpc) is 3.59. The molecule has 2 aromatic heterocycles. The van der Waals surface area contributed by atoms with Gasteiger partial charge in [0.1, 0.15) is 0 Å². The first-order chi connectivity index (χ1) is 20.6. The number of nitrogens with zero attached hydrogens (tertiary/aromatic N) is 2. The minimum atomic E-state index is -0.456. The van der Waals surface area contributed by atoms with Crippen molar-refractivity contribution in [2.45, 2.75) is 64.8 Å². The summed E-state index contributed by atoms with van der Waals surface area (Å²) in [6.45, 7) is 2.95. The normalized spacial score (nSPS) is 14.7. The van der Waals surface area contributed by atoms with Gasteiger partial charge in [0.15, 0.2) is 0 Å². The van der Waals surface area contributed by atoms with Gasteiger partial charge in [0.25, 0.3) is 0 Å². The molecule has 0 radical (unpaired) electrons. The number of aromatic nitrogens is 1. The van der Waals surface area contributed by atoms with Crippen LogP contribution in [0.15, 0.2) is 89.4 Å². The molecule has 0 saturated heterocycles. The Bertz CT molecular complexity index is 1730. The Hall–Kier alpha value is -4.03. The Morgan fingerprint density at radius 1 is 0.833 bits per heavy atom. The molecular formula is C36H36N2O3S. The Morgan fingerprint density at radius 2 is 1.52 bits per heavy atom. The van der Waals surface area contributed by atoms with Crippen LogP contribution in [-0.2, 0) is 11.4 Å². The molecular weight excluding hydrogens is 540 g/mol. The van der Waals surface area contributed by atoms with E-state index in [2.05, 4.69) is 40.9 Å². The third-order valence-corrected chi connectivity index (χ3v) is 9.40. The summed E-state index contributed by atoms with van der Waals surface area (Å²) in [5.41, 5.74) is 5.11. The summed E-state index contributed by atoms with van der Waals surface area (Å²) in [6.07, 6.45) is 9.48. The molecule has 0 atom stereocenters. The molecule has 214 valence electrons. The van der Waals surface area contributed by atoms with Crippen molar-refractivity contribution >= 4 is 50.6 Å². The van der Waals surface area contributed by atoms with E-state index in [1.165, 1.54) is 49.9 Å². The van der Waals surface area contributed by atoms with Crippen LogP contribution in [-0.4, -0.2) is 22.0 Å². The molecule has 1 aliphatic rings. The van der Waals surface area contributed by atoms with Gasteiger partial charge >= 0.3 is 5.97 Å². The molecule has 0 aliphatic heterocycles. The monoisotopic (exact) mass is 576 g/mol. The number of carbonyl (C=O) groups excluding carboxylic acids is 2. The number of rotatable bonds is 9. The molecule has 3 aromatic carbocycles. The maximum Gasteiger partial charge on any atom is 0.365 e. The van der Waals surface area contributed by atoms with Crippen molar-refractivity contribution in [2.24, 2.45) is 11.1 Å². The fourth-order valence-electron chi connectivity index (χ4n) is 6.28. The number of hydrogen-bond acceptors (Lipinski definition) is 5. The zero-order chi connectivity index (χ0) is 28.9. The van der Waals surface area contributed by atoms with Crippen molar-refractivity contribution in [3.05, 3.63) is 106 Å². The standard InChI is InChI=1S/C36H36N2O3S/c1-2-38-32-20-17-27(23-29(32)30-24-28(18-21-33(30)38)35(39)34-15-10-22-42-34)31(19-16-25-11-6-3-4-7-12-25)37-41-36(40)26-13-8-5-9-14-26/h5,8-10,13-15,17-18,20-25H,2-4,6-7,11-12,16,19H2,1H3/b37-31+.